The van der Waals surface area contributed by atoms with E-state index >= 15 is 0 Å². The van der Waals surface area contributed by atoms with Crippen LogP contribution < -0.4 is 5.32 Å². The van der Waals surface area contributed by atoms with Crippen molar-refractivity contribution in [1.82, 2.24) is 5.32 Å². The highest BCUT2D eigenvalue weighted by atomic mass is 31.2. The standard InChI is InChI=1S/C65H131N2O6P/c1-6-8-10-12-14-16-18-20-22-24-26-27-28-29-30-31-32-33-34-35-36-37-38-39-41-43-45-47-49-51-53-55-57-59-65(69)66-63(62-73-74(70,71)72-61-60-67(3,4)5)64(68)58-56-54-52-50-48-46-44-42-40-25-23-21-19-17-15-13-11-9-7-2/h29-30,63-64,68H,6-28,31-62H2,1-5H3,(H-,66,69,70,71)/p+1/b30-29-. The van der Waals surface area contributed by atoms with Gasteiger partial charge in [0.15, 0.2) is 0 Å². The number of unbranched alkanes of at least 4 members (excludes halogenated alkanes) is 47. The third kappa shape index (κ3) is 58.9. The number of hydrogen-bond acceptors (Lipinski definition) is 5. The topological polar surface area (TPSA) is 105 Å². The number of likely N-dealkylation sites (N-methyl/N-ethyl adjacent to an activating group) is 1. The molecule has 442 valence electrons. The Bertz CT molecular complexity index is 1210. The lowest BCUT2D eigenvalue weighted by Gasteiger charge is -2.26. The summed E-state index contributed by atoms with van der Waals surface area (Å²) in [7, 11) is 1.64. The van der Waals surface area contributed by atoms with Crippen molar-refractivity contribution in [3.8, 4) is 0 Å². The molecule has 0 saturated carbocycles. The number of rotatable bonds is 62. The summed E-state index contributed by atoms with van der Waals surface area (Å²) in [6.45, 7) is 4.95. The van der Waals surface area contributed by atoms with Gasteiger partial charge in [-0.15, -0.1) is 0 Å². The number of hydrogen-bond donors (Lipinski definition) is 3. The van der Waals surface area contributed by atoms with Crippen LogP contribution in [0, 0.1) is 0 Å². The lowest BCUT2D eigenvalue weighted by atomic mass is 10.0. The number of carbonyl (C=O) groups is 1. The molecule has 0 aromatic carbocycles. The Morgan fingerprint density at radius 3 is 1.04 bits per heavy atom. The smallest absolute Gasteiger partial charge is 0.391 e. The monoisotopic (exact) mass is 1070 g/mol. The van der Waals surface area contributed by atoms with Crippen LogP contribution in [0.3, 0.4) is 0 Å². The number of aliphatic hydroxyl groups is 1. The summed E-state index contributed by atoms with van der Waals surface area (Å²) in [4.78, 5) is 23.4. The second kappa shape index (κ2) is 56.9. The van der Waals surface area contributed by atoms with Gasteiger partial charge in [0.1, 0.15) is 13.2 Å². The maximum atomic E-state index is 13.0. The molecule has 0 aromatic rings. The number of nitrogens with zero attached hydrogens (tertiary/aromatic N) is 1. The first-order chi connectivity index (χ1) is 36.0. The van der Waals surface area contributed by atoms with Crippen LogP contribution in [0.4, 0.5) is 0 Å². The molecule has 3 N–H and O–H groups in total. The van der Waals surface area contributed by atoms with Gasteiger partial charge in [0.25, 0.3) is 0 Å². The van der Waals surface area contributed by atoms with Crippen molar-refractivity contribution in [2.45, 2.75) is 360 Å². The van der Waals surface area contributed by atoms with E-state index in [0.29, 0.717) is 23.9 Å². The van der Waals surface area contributed by atoms with E-state index in [1.807, 2.05) is 21.1 Å². The number of aliphatic hydroxyl groups excluding tert-OH is 1. The molecule has 0 aliphatic heterocycles. The third-order valence-corrected chi connectivity index (χ3v) is 16.5. The number of allylic oxidation sites excluding steroid dienone is 2. The predicted molar refractivity (Wildman–Crippen MR) is 323 cm³/mol. The van der Waals surface area contributed by atoms with E-state index in [2.05, 4.69) is 31.3 Å². The van der Waals surface area contributed by atoms with Crippen LogP contribution in [0.2, 0.25) is 0 Å². The maximum absolute atomic E-state index is 13.0. The zero-order valence-corrected chi connectivity index (χ0v) is 51.5. The fraction of sp³-hybridized carbons (Fsp3) is 0.954. The van der Waals surface area contributed by atoms with Crippen LogP contribution in [0.1, 0.15) is 348 Å². The van der Waals surface area contributed by atoms with E-state index in [4.69, 9.17) is 9.05 Å². The number of nitrogens with one attached hydrogen (secondary N) is 1. The summed E-state index contributed by atoms with van der Waals surface area (Å²) in [6.07, 6.45) is 71.6. The lowest BCUT2D eigenvalue weighted by molar-refractivity contribution is -0.870. The highest BCUT2D eigenvalue weighted by Crippen LogP contribution is 2.43. The molecule has 0 fully saturated rings. The summed E-state index contributed by atoms with van der Waals surface area (Å²) in [5.74, 6) is -0.136. The summed E-state index contributed by atoms with van der Waals surface area (Å²) >= 11 is 0. The Kier molecular flexibility index (Phi) is 56.4. The first kappa shape index (κ1) is 73.2. The Morgan fingerprint density at radius 1 is 0.446 bits per heavy atom. The zero-order chi connectivity index (χ0) is 54.2. The molecule has 0 rings (SSSR count). The second-order valence-corrected chi connectivity index (χ2v) is 25.7. The van der Waals surface area contributed by atoms with Crippen molar-refractivity contribution < 1.29 is 32.9 Å². The number of carbonyl (C=O) groups excluding carboxylic acids is 1. The van der Waals surface area contributed by atoms with Gasteiger partial charge in [0, 0.05) is 6.42 Å². The minimum absolute atomic E-state index is 0.0781. The number of amides is 1. The van der Waals surface area contributed by atoms with E-state index in [9.17, 15) is 19.4 Å². The van der Waals surface area contributed by atoms with Crippen molar-refractivity contribution in [2.24, 2.45) is 0 Å². The third-order valence-electron chi connectivity index (χ3n) is 15.5. The minimum atomic E-state index is -4.32. The molecule has 0 aliphatic carbocycles. The first-order valence-corrected chi connectivity index (χ1v) is 34.5. The lowest BCUT2D eigenvalue weighted by Crippen LogP contribution is -2.46. The molecule has 0 bridgehead atoms. The van der Waals surface area contributed by atoms with Crippen molar-refractivity contribution in [2.75, 3.05) is 40.9 Å². The largest absolute Gasteiger partial charge is 0.472 e. The van der Waals surface area contributed by atoms with Crippen molar-refractivity contribution in [3.63, 3.8) is 0 Å². The van der Waals surface area contributed by atoms with Gasteiger partial charge in [0.05, 0.1) is 39.9 Å². The zero-order valence-electron chi connectivity index (χ0n) is 50.6. The molecule has 74 heavy (non-hydrogen) atoms. The maximum Gasteiger partial charge on any atom is 0.472 e. The van der Waals surface area contributed by atoms with E-state index in [-0.39, 0.29) is 19.1 Å². The molecule has 9 heteroatoms. The Balaban J connectivity index is 3.98. The van der Waals surface area contributed by atoms with Gasteiger partial charge in [-0.2, -0.15) is 0 Å². The van der Waals surface area contributed by atoms with Gasteiger partial charge in [-0.3, -0.25) is 13.8 Å². The van der Waals surface area contributed by atoms with Gasteiger partial charge in [-0.25, -0.2) is 4.57 Å². The van der Waals surface area contributed by atoms with Crippen LogP contribution in [0.5, 0.6) is 0 Å². The first-order valence-electron chi connectivity index (χ1n) is 33.1. The fourth-order valence-electron chi connectivity index (χ4n) is 10.3. The van der Waals surface area contributed by atoms with E-state index in [1.165, 1.54) is 283 Å². The van der Waals surface area contributed by atoms with Gasteiger partial charge in [0.2, 0.25) is 5.91 Å². The SMILES string of the molecule is CCCCCCCCCCCCCC/C=C\CCCCCCCCCCCCCCCCCCCC(=O)NC(COP(=O)(O)OCC[N+](C)(C)C)C(O)CCCCCCCCCCCCCCCCCCCCC. The molecule has 0 spiro atoms. The van der Waals surface area contributed by atoms with Crippen LogP contribution in [-0.4, -0.2) is 73.4 Å². The average Bonchev–Trinajstić information content (AvgIpc) is 3.36. The van der Waals surface area contributed by atoms with Gasteiger partial charge in [-0.05, 0) is 38.5 Å². The van der Waals surface area contributed by atoms with Crippen molar-refractivity contribution in [3.05, 3.63) is 12.2 Å². The summed E-state index contributed by atoms with van der Waals surface area (Å²) in [5, 5.41) is 14.1. The normalized spacial score (nSPS) is 13.8. The molecule has 0 radical (unpaired) electrons. The molecule has 0 aliphatic rings. The van der Waals surface area contributed by atoms with Crippen molar-refractivity contribution in [1.29, 1.82) is 0 Å². The Hall–Kier alpha value is -0.760. The number of quaternary nitrogens is 1. The quantitative estimate of drug-likeness (QED) is 0.0243. The van der Waals surface area contributed by atoms with Gasteiger partial charge >= 0.3 is 7.82 Å². The van der Waals surface area contributed by atoms with E-state index in [1.54, 1.807) is 0 Å². The van der Waals surface area contributed by atoms with Crippen LogP contribution >= 0.6 is 7.82 Å². The summed E-state index contributed by atoms with van der Waals surface area (Å²) < 4.78 is 23.8. The highest BCUT2D eigenvalue weighted by Gasteiger charge is 2.28. The molecule has 0 aromatic heterocycles. The van der Waals surface area contributed by atoms with Crippen LogP contribution in [0.15, 0.2) is 12.2 Å². The van der Waals surface area contributed by atoms with Gasteiger partial charge < -0.3 is 19.8 Å². The molecular formula is C65H132N2O6P+. The number of phosphoric ester groups is 1. The van der Waals surface area contributed by atoms with Gasteiger partial charge in [-0.1, -0.05) is 315 Å². The van der Waals surface area contributed by atoms with E-state index < -0.39 is 20.0 Å². The molecule has 3 unspecified atom stereocenters. The summed E-state index contributed by atoms with van der Waals surface area (Å²) in [6, 6.07) is -0.758. The molecule has 0 saturated heterocycles. The van der Waals surface area contributed by atoms with Crippen LogP contribution in [-0.2, 0) is 18.4 Å². The molecule has 0 heterocycles. The van der Waals surface area contributed by atoms with Crippen LogP contribution in [0.25, 0.3) is 0 Å². The second-order valence-electron chi connectivity index (χ2n) is 24.2. The Labute approximate surface area is 462 Å². The molecular weight excluding hydrogens is 936 g/mol. The van der Waals surface area contributed by atoms with Crippen molar-refractivity contribution >= 4 is 13.7 Å². The molecule has 3 atom stereocenters. The predicted octanol–water partition coefficient (Wildman–Crippen LogP) is 20.6. The Morgan fingerprint density at radius 2 is 0.730 bits per heavy atom. The molecule has 8 nitrogen and oxygen atoms in total. The highest BCUT2D eigenvalue weighted by molar-refractivity contribution is 7.47. The minimum Gasteiger partial charge on any atom is -0.391 e. The number of phosphoric acid groups is 1. The fourth-order valence-corrected chi connectivity index (χ4v) is 11.1. The average molecular weight is 1070 g/mol. The van der Waals surface area contributed by atoms with E-state index in [0.717, 1.165) is 38.5 Å². The summed E-state index contributed by atoms with van der Waals surface area (Å²) in [5.41, 5.74) is 0. The molecule has 1 amide bonds.